The standard InChI is InChI=1S/C10H11BrF2O/c1-10(12,13)9(14)6-7-4-2-3-5-8(7)11/h2-5,9,14H,6H2,1H3. The Morgan fingerprint density at radius 2 is 2.00 bits per heavy atom. The topological polar surface area (TPSA) is 20.2 Å². The molecule has 0 spiro atoms. The lowest BCUT2D eigenvalue weighted by atomic mass is 10.0. The van der Waals surface area contributed by atoms with Crippen LogP contribution in [0.5, 0.6) is 0 Å². The van der Waals surface area contributed by atoms with E-state index < -0.39 is 12.0 Å². The van der Waals surface area contributed by atoms with Gasteiger partial charge in [0.15, 0.2) is 0 Å². The summed E-state index contributed by atoms with van der Waals surface area (Å²) in [4.78, 5) is 0. The van der Waals surface area contributed by atoms with E-state index in [1.165, 1.54) is 0 Å². The lowest BCUT2D eigenvalue weighted by molar-refractivity contribution is -0.0921. The Morgan fingerprint density at radius 1 is 1.43 bits per heavy atom. The minimum atomic E-state index is -3.06. The van der Waals surface area contributed by atoms with E-state index in [0.29, 0.717) is 12.5 Å². The smallest absolute Gasteiger partial charge is 0.271 e. The molecule has 0 aliphatic rings. The highest BCUT2D eigenvalue weighted by atomic mass is 79.9. The van der Waals surface area contributed by atoms with Crippen molar-refractivity contribution >= 4 is 15.9 Å². The van der Waals surface area contributed by atoms with Crippen molar-refractivity contribution in [2.75, 3.05) is 0 Å². The quantitative estimate of drug-likeness (QED) is 0.890. The third-order valence-corrected chi connectivity index (χ3v) is 2.73. The van der Waals surface area contributed by atoms with Crippen LogP contribution in [0.2, 0.25) is 0 Å². The van der Waals surface area contributed by atoms with E-state index in [4.69, 9.17) is 0 Å². The van der Waals surface area contributed by atoms with Gasteiger partial charge in [-0.05, 0) is 11.6 Å². The molecular weight excluding hydrogens is 254 g/mol. The third-order valence-electron chi connectivity index (χ3n) is 1.96. The minimum absolute atomic E-state index is 0.0507. The Morgan fingerprint density at radius 3 is 2.50 bits per heavy atom. The molecule has 0 saturated heterocycles. The average molecular weight is 265 g/mol. The molecule has 14 heavy (non-hydrogen) atoms. The predicted molar refractivity (Wildman–Crippen MR) is 54.5 cm³/mol. The summed E-state index contributed by atoms with van der Waals surface area (Å²) in [5.41, 5.74) is 0.682. The van der Waals surface area contributed by atoms with Gasteiger partial charge in [0.25, 0.3) is 5.92 Å². The number of aliphatic hydroxyl groups is 1. The Hall–Kier alpha value is -0.480. The molecule has 0 amide bonds. The highest BCUT2D eigenvalue weighted by Crippen LogP contribution is 2.24. The fourth-order valence-corrected chi connectivity index (χ4v) is 1.50. The molecule has 0 aliphatic carbocycles. The predicted octanol–water partition coefficient (Wildman–Crippen LogP) is 3.01. The molecule has 1 unspecified atom stereocenters. The van der Waals surface area contributed by atoms with E-state index in [-0.39, 0.29) is 6.42 Å². The zero-order valence-electron chi connectivity index (χ0n) is 7.67. The Labute approximate surface area is 89.9 Å². The first-order valence-electron chi connectivity index (χ1n) is 4.20. The maximum atomic E-state index is 12.7. The maximum Gasteiger partial charge on any atom is 0.271 e. The van der Waals surface area contributed by atoms with Crippen LogP contribution in [-0.2, 0) is 6.42 Å². The molecule has 0 fully saturated rings. The average Bonchev–Trinajstić information content (AvgIpc) is 2.07. The van der Waals surface area contributed by atoms with Gasteiger partial charge in [-0.1, -0.05) is 34.1 Å². The summed E-state index contributed by atoms with van der Waals surface area (Å²) in [6.45, 7) is 0.717. The van der Waals surface area contributed by atoms with Crippen LogP contribution in [0.1, 0.15) is 12.5 Å². The third kappa shape index (κ3) is 3.03. The van der Waals surface area contributed by atoms with E-state index in [2.05, 4.69) is 15.9 Å². The fourth-order valence-electron chi connectivity index (χ4n) is 1.05. The van der Waals surface area contributed by atoms with Crippen LogP contribution in [-0.4, -0.2) is 17.1 Å². The lowest BCUT2D eigenvalue weighted by Gasteiger charge is -2.18. The van der Waals surface area contributed by atoms with E-state index >= 15 is 0 Å². The zero-order chi connectivity index (χ0) is 10.8. The first-order chi connectivity index (χ1) is 6.41. The van der Waals surface area contributed by atoms with Crippen LogP contribution < -0.4 is 0 Å². The molecule has 0 bridgehead atoms. The number of aliphatic hydroxyl groups excluding tert-OH is 1. The van der Waals surface area contributed by atoms with Crippen molar-refractivity contribution < 1.29 is 13.9 Å². The number of benzene rings is 1. The van der Waals surface area contributed by atoms with E-state index in [1.807, 2.05) is 0 Å². The number of hydrogen-bond acceptors (Lipinski definition) is 1. The van der Waals surface area contributed by atoms with Gasteiger partial charge in [0.05, 0.1) is 0 Å². The molecule has 0 aromatic heterocycles. The zero-order valence-corrected chi connectivity index (χ0v) is 9.26. The SMILES string of the molecule is CC(F)(F)C(O)Cc1ccccc1Br. The van der Waals surface area contributed by atoms with Gasteiger partial charge in [0.2, 0.25) is 0 Å². The van der Waals surface area contributed by atoms with Gasteiger partial charge < -0.3 is 5.11 Å². The fraction of sp³-hybridized carbons (Fsp3) is 0.400. The van der Waals surface area contributed by atoms with Crippen molar-refractivity contribution in [1.29, 1.82) is 0 Å². The molecule has 1 nitrogen and oxygen atoms in total. The molecule has 4 heteroatoms. The molecule has 1 aromatic carbocycles. The molecule has 0 heterocycles. The molecule has 0 aliphatic heterocycles. The van der Waals surface area contributed by atoms with Gasteiger partial charge >= 0.3 is 0 Å². The summed E-state index contributed by atoms with van der Waals surface area (Å²) >= 11 is 3.24. The van der Waals surface area contributed by atoms with Gasteiger partial charge in [-0.2, -0.15) is 0 Å². The Bertz CT molecular complexity index is 309. The molecule has 0 radical (unpaired) electrons. The summed E-state index contributed by atoms with van der Waals surface area (Å²) in [7, 11) is 0. The second kappa shape index (κ2) is 4.36. The summed E-state index contributed by atoms with van der Waals surface area (Å²) in [5.74, 6) is -3.06. The number of halogens is 3. The maximum absolute atomic E-state index is 12.7. The molecule has 1 atom stereocenters. The van der Waals surface area contributed by atoms with Crippen molar-refractivity contribution in [2.24, 2.45) is 0 Å². The highest BCUT2D eigenvalue weighted by molar-refractivity contribution is 9.10. The van der Waals surface area contributed by atoms with Crippen molar-refractivity contribution in [1.82, 2.24) is 0 Å². The Kier molecular flexibility index (Phi) is 3.61. The van der Waals surface area contributed by atoms with E-state index in [9.17, 15) is 13.9 Å². The first kappa shape index (κ1) is 11.6. The van der Waals surface area contributed by atoms with Crippen LogP contribution in [0.3, 0.4) is 0 Å². The van der Waals surface area contributed by atoms with Crippen LogP contribution in [0.25, 0.3) is 0 Å². The summed E-state index contributed by atoms with van der Waals surface area (Å²) in [6.07, 6.45) is -1.69. The number of alkyl halides is 2. The van der Waals surface area contributed by atoms with Gasteiger partial charge in [-0.15, -0.1) is 0 Å². The molecule has 1 N–H and O–H groups in total. The van der Waals surface area contributed by atoms with Crippen molar-refractivity contribution in [2.45, 2.75) is 25.4 Å². The van der Waals surface area contributed by atoms with Gasteiger partial charge in [-0.25, -0.2) is 8.78 Å². The summed E-state index contributed by atoms with van der Waals surface area (Å²) < 4.78 is 26.1. The monoisotopic (exact) mass is 264 g/mol. The van der Waals surface area contributed by atoms with Crippen LogP contribution in [0.4, 0.5) is 8.78 Å². The van der Waals surface area contributed by atoms with Crippen molar-refractivity contribution in [3.05, 3.63) is 34.3 Å². The van der Waals surface area contributed by atoms with Crippen molar-refractivity contribution in [3.63, 3.8) is 0 Å². The molecule has 1 rings (SSSR count). The van der Waals surface area contributed by atoms with E-state index in [0.717, 1.165) is 4.47 Å². The molecule has 0 saturated carbocycles. The number of hydrogen-bond donors (Lipinski definition) is 1. The van der Waals surface area contributed by atoms with Crippen LogP contribution >= 0.6 is 15.9 Å². The van der Waals surface area contributed by atoms with Crippen molar-refractivity contribution in [3.8, 4) is 0 Å². The van der Waals surface area contributed by atoms with Gasteiger partial charge in [-0.3, -0.25) is 0 Å². The Balaban J connectivity index is 2.75. The highest BCUT2D eigenvalue weighted by Gasteiger charge is 2.32. The minimum Gasteiger partial charge on any atom is -0.387 e. The molecule has 1 aromatic rings. The molecular formula is C10H11BrF2O. The number of rotatable bonds is 3. The van der Waals surface area contributed by atoms with E-state index in [1.54, 1.807) is 24.3 Å². The van der Waals surface area contributed by atoms with Gasteiger partial charge in [0.1, 0.15) is 6.10 Å². The summed E-state index contributed by atoms with van der Waals surface area (Å²) in [6, 6.07) is 7.01. The van der Waals surface area contributed by atoms with Crippen LogP contribution in [0.15, 0.2) is 28.7 Å². The van der Waals surface area contributed by atoms with Gasteiger partial charge in [0, 0.05) is 17.8 Å². The normalized spacial score (nSPS) is 14.1. The van der Waals surface area contributed by atoms with Crippen LogP contribution in [0, 0.1) is 0 Å². The molecule has 78 valence electrons. The summed E-state index contributed by atoms with van der Waals surface area (Å²) in [5, 5.41) is 9.19. The second-order valence-corrected chi connectivity index (χ2v) is 4.12. The second-order valence-electron chi connectivity index (χ2n) is 3.27. The lowest BCUT2D eigenvalue weighted by Crippen LogP contribution is -2.31. The largest absolute Gasteiger partial charge is 0.387 e. The first-order valence-corrected chi connectivity index (χ1v) is 5.00.